The van der Waals surface area contributed by atoms with Crippen molar-refractivity contribution in [2.45, 2.75) is 18.4 Å². The quantitative estimate of drug-likeness (QED) is 0.474. The van der Waals surface area contributed by atoms with Gasteiger partial charge in [0.05, 0.1) is 6.26 Å². The Bertz CT molecular complexity index is 982. The van der Waals surface area contributed by atoms with E-state index in [2.05, 4.69) is 0 Å². The van der Waals surface area contributed by atoms with Crippen molar-refractivity contribution in [1.29, 1.82) is 0 Å². The monoisotopic (exact) mass is 391 g/mol. The Morgan fingerprint density at radius 2 is 1.62 bits per heavy atom. The molecule has 0 bridgehead atoms. The molecule has 0 unspecified atom stereocenters. The number of hydrogen-bond acceptors (Lipinski definition) is 5. The first-order chi connectivity index (χ1) is 14.1. The highest BCUT2D eigenvalue weighted by Gasteiger charge is 2.36. The molecule has 1 aliphatic carbocycles. The number of benzene rings is 2. The standard InChI is InChI=1S/C23H21NO5/c24-20(12-14-6-5-11-28-14)21(22(25)26)23(27)29-13-19-17-9-3-1-7-15(17)16-8-2-4-10-18(16)19/h1-11,19-21H,12-13,24H2,(H,25,26)/t20-,21+/m0/s1. The first kappa shape index (κ1) is 19.0. The predicted molar refractivity (Wildman–Crippen MR) is 106 cm³/mol. The Hall–Kier alpha value is -3.38. The van der Waals surface area contributed by atoms with Crippen LogP contribution in [0.15, 0.2) is 71.3 Å². The first-order valence-corrected chi connectivity index (χ1v) is 9.42. The zero-order valence-corrected chi connectivity index (χ0v) is 15.7. The highest BCUT2D eigenvalue weighted by atomic mass is 16.5. The van der Waals surface area contributed by atoms with E-state index < -0.39 is 23.9 Å². The number of carboxylic acids is 1. The maximum absolute atomic E-state index is 12.6. The third-order valence-corrected chi connectivity index (χ3v) is 5.32. The molecule has 3 N–H and O–H groups in total. The Morgan fingerprint density at radius 1 is 1.00 bits per heavy atom. The highest BCUT2D eigenvalue weighted by molar-refractivity contribution is 5.95. The molecule has 6 nitrogen and oxygen atoms in total. The van der Waals surface area contributed by atoms with Gasteiger partial charge in [0, 0.05) is 18.4 Å². The summed E-state index contributed by atoms with van der Waals surface area (Å²) in [5.41, 5.74) is 10.3. The van der Waals surface area contributed by atoms with E-state index in [9.17, 15) is 14.7 Å². The maximum atomic E-state index is 12.6. The van der Waals surface area contributed by atoms with Crippen LogP contribution in [-0.2, 0) is 20.7 Å². The molecule has 0 radical (unpaired) electrons. The molecule has 2 aromatic carbocycles. The Labute approximate surface area is 167 Å². The van der Waals surface area contributed by atoms with Crippen molar-refractivity contribution in [3.8, 4) is 11.1 Å². The lowest BCUT2D eigenvalue weighted by molar-refractivity contribution is -0.159. The number of carboxylic acid groups (broad SMARTS) is 1. The maximum Gasteiger partial charge on any atom is 0.321 e. The molecule has 0 aliphatic heterocycles. The van der Waals surface area contributed by atoms with Gasteiger partial charge in [-0.05, 0) is 34.4 Å². The molecule has 0 spiro atoms. The van der Waals surface area contributed by atoms with E-state index in [0.717, 1.165) is 22.3 Å². The van der Waals surface area contributed by atoms with Crippen LogP contribution in [0, 0.1) is 5.92 Å². The minimum absolute atomic E-state index is 0.0596. The lowest BCUT2D eigenvalue weighted by Gasteiger charge is -2.20. The number of fused-ring (bicyclic) bond motifs is 3. The van der Waals surface area contributed by atoms with Gasteiger partial charge in [-0.15, -0.1) is 0 Å². The van der Waals surface area contributed by atoms with Crippen LogP contribution < -0.4 is 5.73 Å². The summed E-state index contributed by atoms with van der Waals surface area (Å²) in [5, 5.41) is 9.54. The zero-order valence-electron chi connectivity index (χ0n) is 15.7. The topological polar surface area (TPSA) is 103 Å². The van der Waals surface area contributed by atoms with Crippen LogP contribution >= 0.6 is 0 Å². The number of rotatable bonds is 7. The van der Waals surface area contributed by atoms with Crippen molar-refractivity contribution < 1.29 is 23.8 Å². The normalized spacial score (nSPS) is 14.7. The Kier molecular flexibility index (Phi) is 5.18. The number of ether oxygens (including phenoxy) is 1. The molecule has 1 heterocycles. The number of carbonyl (C=O) groups excluding carboxylic acids is 1. The molecule has 0 saturated carbocycles. The highest BCUT2D eigenvalue weighted by Crippen LogP contribution is 2.44. The second-order valence-electron chi connectivity index (χ2n) is 7.12. The number of hydrogen-bond donors (Lipinski definition) is 2. The SMILES string of the molecule is N[C@@H](Cc1ccco1)[C@H](C(=O)O)C(=O)OCC1c2ccccc2-c2ccccc21. The molecule has 0 fully saturated rings. The molecule has 0 saturated heterocycles. The minimum atomic E-state index is -1.47. The molecule has 148 valence electrons. The second kappa shape index (κ2) is 7.93. The number of furan rings is 1. The van der Waals surface area contributed by atoms with Gasteiger partial charge in [-0.25, -0.2) is 0 Å². The summed E-state index contributed by atoms with van der Waals surface area (Å²) in [6.07, 6.45) is 1.61. The lowest BCUT2D eigenvalue weighted by Crippen LogP contribution is -2.43. The molecule has 3 aromatic rings. The molecule has 0 amide bonds. The summed E-state index contributed by atoms with van der Waals surface area (Å²) in [4.78, 5) is 24.3. The summed E-state index contributed by atoms with van der Waals surface area (Å²) in [7, 11) is 0. The predicted octanol–water partition coefficient (Wildman–Crippen LogP) is 3.21. The van der Waals surface area contributed by atoms with Crippen molar-refractivity contribution in [3.63, 3.8) is 0 Å². The van der Waals surface area contributed by atoms with Crippen molar-refractivity contribution >= 4 is 11.9 Å². The third-order valence-electron chi connectivity index (χ3n) is 5.32. The van der Waals surface area contributed by atoms with Crippen LogP contribution in [0.2, 0.25) is 0 Å². The van der Waals surface area contributed by atoms with Crippen LogP contribution in [0.1, 0.15) is 22.8 Å². The van der Waals surface area contributed by atoms with E-state index in [1.54, 1.807) is 12.1 Å². The number of esters is 1. The average Bonchev–Trinajstić information content (AvgIpc) is 3.32. The second-order valence-corrected chi connectivity index (χ2v) is 7.12. The van der Waals surface area contributed by atoms with Gasteiger partial charge in [0.2, 0.25) is 0 Å². The fourth-order valence-electron chi connectivity index (χ4n) is 3.93. The van der Waals surface area contributed by atoms with Gasteiger partial charge in [0.1, 0.15) is 12.4 Å². The summed E-state index contributed by atoms with van der Waals surface area (Å²) < 4.78 is 10.7. The summed E-state index contributed by atoms with van der Waals surface area (Å²) in [5.74, 6) is -3.22. The Morgan fingerprint density at radius 3 is 2.17 bits per heavy atom. The van der Waals surface area contributed by atoms with Gasteiger partial charge in [-0.1, -0.05) is 48.5 Å². The fourth-order valence-corrected chi connectivity index (χ4v) is 3.93. The summed E-state index contributed by atoms with van der Waals surface area (Å²) in [6, 6.07) is 18.3. The molecule has 2 atom stereocenters. The van der Waals surface area contributed by atoms with Crippen LogP contribution in [0.5, 0.6) is 0 Å². The summed E-state index contributed by atoms with van der Waals surface area (Å²) >= 11 is 0. The molecule has 29 heavy (non-hydrogen) atoms. The molecule has 1 aromatic heterocycles. The van der Waals surface area contributed by atoms with Crippen molar-refractivity contribution in [2.24, 2.45) is 11.7 Å². The van der Waals surface area contributed by atoms with E-state index in [-0.39, 0.29) is 18.9 Å². The molecule has 4 rings (SSSR count). The van der Waals surface area contributed by atoms with Crippen LogP contribution in [-0.4, -0.2) is 29.7 Å². The van der Waals surface area contributed by atoms with Gasteiger partial charge < -0.3 is 20.0 Å². The van der Waals surface area contributed by atoms with Gasteiger partial charge >= 0.3 is 11.9 Å². The third kappa shape index (κ3) is 3.67. The molecular weight excluding hydrogens is 370 g/mol. The lowest BCUT2D eigenvalue weighted by atomic mass is 9.96. The van der Waals surface area contributed by atoms with Crippen molar-refractivity contribution in [2.75, 3.05) is 6.61 Å². The molecular formula is C23H21NO5. The van der Waals surface area contributed by atoms with E-state index in [1.165, 1.54) is 6.26 Å². The van der Waals surface area contributed by atoms with Gasteiger partial charge in [0.15, 0.2) is 5.92 Å². The van der Waals surface area contributed by atoms with Crippen LogP contribution in [0.25, 0.3) is 11.1 Å². The largest absolute Gasteiger partial charge is 0.481 e. The smallest absolute Gasteiger partial charge is 0.321 e. The van der Waals surface area contributed by atoms with E-state index >= 15 is 0 Å². The molecule has 1 aliphatic rings. The van der Waals surface area contributed by atoms with Gasteiger partial charge in [0.25, 0.3) is 0 Å². The van der Waals surface area contributed by atoms with E-state index in [1.807, 2.05) is 48.5 Å². The summed E-state index contributed by atoms with van der Waals surface area (Å²) in [6.45, 7) is 0.0596. The van der Waals surface area contributed by atoms with Gasteiger partial charge in [-0.3, -0.25) is 9.59 Å². The number of nitrogens with two attached hydrogens (primary N) is 1. The van der Waals surface area contributed by atoms with Crippen LogP contribution in [0.3, 0.4) is 0 Å². The Balaban J connectivity index is 1.50. The fraction of sp³-hybridized carbons (Fsp3) is 0.217. The first-order valence-electron chi connectivity index (χ1n) is 9.42. The van der Waals surface area contributed by atoms with E-state index in [0.29, 0.717) is 5.76 Å². The van der Waals surface area contributed by atoms with Gasteiger partial charge in [-0.2, -0.15) is 0 Å². The zero-order chi connectivity index (χ0) is 20.4. The van der Waals surface area contributed by atoms with Crippen molar-refractivity contribution in [1.82, 2.24) is 0 Å². The van der Waals surface area contributed by atoms with Crippen LogP contribution in [0.4, 0.5) is 0 Å². The minimum Gasteiger partial charge on any atom is -0.481 e. The number of carbonyl (C=O) groups is 2. The number of aliphatic carboxylic acids is 1. The average molecular weight is 391 g/mol. The van der Waals surface area contributed by atoms with E-state index in [4.69, 9.17) is 14.9 Å². The molecule has 6 heteroatoms. The van der Waals surface area contributed by atoms with Crippen molar-refractivity contribution in [3.05, 3.63) is 83.8 Å².